The molecule has 1 N–H and O–H groups in total. The second-order valence-corrected chi connectivity index (χ2v) is 4.03. The number of esters is 1. The van der Waals surface area contributed by atoms with E-state index in [0.29, 0.717) is 5.69 Å². The van der Waals surface area contributed by atoms with Gasteiger partial charge in [0.25, 0.3) is 0 Å². The zero-order valence-corrected chi connectivity index (χ0v) is 10.5. The first kappa shape index (κ1) is 13.1. The average Bonchev–Trinajstić information content (AvgIpc) is 2.43. The third-order valence-electron chi connectivity index (χ3n) is 2.75. The first-order valence-electron chi connectivity index (χ1n) is 5.97. The molecular weight excluding hydrogens is 248 g/mol. The highest BCUT2D eigenvalue weighted by molar-refractivity contribution is 6.41. The number of ether oxygens (including phenoxy) is 1. The van der Waals surface area contributed by atoms with Gasteiger partial charge in [0.2, 0.25) is 0 Å². The minimum atomic E-state index is -0.828. The largest absolute Gasteiger partial charge is 0.464 e. The molecule has 1 aliphatic rings. The molecular formula is C13H14N2O4. The third-order valence-corrected chi connectivity index (χ3v) is 2.75. The predicted molar refractivity (Wildman–Crippen MR) is 67.4 cm³/mol. The Morgan fingerprint density at radius 3 is 2.68 bits per heavy atom. The van der Waals surface area contributed by atoms with Gasteiger partial charge in [-0.25, -0.2) is 4.79 Å². The Labute approximate surface area is 110 Å². The van der Waals surface area contributed by atoms with Crippen LogP contribution in [0.25, 0.3) is 0 Å². The van der Waals surface area contributed by atoms with Gasteiger partial charge >= 0.3 is 17.8 Å². The molecule has 1 atom stereocenters. The van der Waals surface area contributed by atoms with Crippen LogP contribution >= 0.6 is 0 Å². The van der Waals surface area contributed by atoms with E-state index in [1.807, 2.05) is 0 Å². The summed E-state index contributed by atoms with van der Waals surface area (Å²) in [5, 5.41) is 2.35. The molecule has 0 unspecified atom stereocenters. The van der Waals surface area contributed by atoms with E-state index in [0.717, 1.165) is 0 Å². The molecule has 100 valence electrons. The van der Waals surface area contributed by atoms with Gasteiger partial charge in [-0.05, 0) is 19.1 Å². The van der Waals surface area contributed by atoms with Crippen LogP contribution in [0.15, 0.2) is 30.3 Å². The van der Waals surface area contributed by atoms with E-state index >= 15 is 0 Å². The molecule has 1 heterocycles. The SMILES string of the molecule is CCOC(=O)[C@@H]1CN(c2ccccc2)C(=O)C(=O)N1. The van der Waals surface area contributed by atoms with Crippen molar-refractivity contribution in [1.29, 1.82) is 0 Å². The number of piperazine rings is 1. The lowest BCUT2D eigenvalue weighted by molar-refractivity contribution is -0.149. The lowest BCUT2D eigenvalue weighted by atomic mass is 10.1. The van der Waals surface area contributed by atoms with Crippen molar-refractivity contribution < 1.29 is 19.1 Å². The number of carbonyl (C=O) groups is 3. The second kappa shape index (κ2) is 5.51. The topological polar surface area (TPSA) is 75.7 Å². The van der Waals surface area contributed by atoms with Crippen molar-refractivity contribution in [2.24, 2.45) is 0 Å². The lowest BCUT2D eigenvalue weighted by Gasteiger charge is -2.31. The molecule has 0 aromatic heterocycles. The summed E-state index contributed by atoms with van der Waals surface area (Å²) in [4.78, 5) is 36.3. The van der Waals surface area contributed by atoms with Gasteiger partial charge in [0.1, 0.15) is 6.04 Å². The van der Waals surface area contributed by atoms with Crippen molar-refractivity contribution in [3.05, 3.63) is 30.3 Å². The van der Waals surface area contributed by atoms with Crippen molar-refractivity contribution in [2.75, 3.05) is 18.1 Å². The Hall–Kier alpha value is -2.37. The van der Waals surface area contributed by atoms with E-state index in [1.165, 1.54) is 4.90 Å². The molecule has 1 aromatic carbocycles. The van der Waals surface area contributed by atoms with Gasteiger partial charge < -0.3 is 15.0 Å². The Kier molecular flexibility index (Phi) is 3.79. The zero-order chi connectivity index (χ0) is 13.8. The minimum absolute atomic E-state index is 0.0768. The summed E-state index contributed by atoms with van der Waals surface area (Å²) in [6.07, 6.45) is 0. The highest BCUT2D eigenvalue weighted by Gasteiger charge is 2.37. The molecule has 1 saturated heterocycles. The number of carbonyl (C=O) groups excluding carboxylic acids is 3. The molecule has 1 aliphatic heterocycles. The van der Waals surface area contributed by atoms with E-state index in [2.05, 4.69) is 5.32 Å². The van der Waals surface area contributed by atoms with Crippen molar-refractivity contribution in [1.82, 2.24) is 5.32 Å². The van der Waals surface area contributed by atoms with Crippen molar-refractivity contribution in [2.45, 2.75) is 13.0 Å². The van der Waals surface area contributed by atoms with Crippen molar-refractivity contribution >= 4 is 23.5 Å². The zero-order valence-electron chi connectivity index (χ0n) is 10.5. The second-order valence-electron chi connectivity index (χ2n) is 4.03. The fourth-order valence-corrected chi connectivity index (χ4v) is 1.86. The number of hydrogen-bond donors (Lipinski definition) is 1. The maximum Gasteiger partial charge on any atom is 0.330 e. The van der Waals surface area contributed by atoms with Crippen LogP contribution in [-0.2, 0) is 19.1 Å². The Balaban J connectivity index is 2.21. The molecule has 0 bridgehead atoms. The Bertz CT molecular complexity index is 501. The summed E-state index contributed by atoms with van der Waals surface area (Å²) in [7, 11) is 0. The molecule has 0 radical (unpaired) electrons. The van der Waals surface area contributed by atoms with Crippen LogP contribution in [0.5, 0.6) is 0 Å². The maximum atomic E-state index is 11.8. The molecule has 2 amide bonds. The summed E-state index contributed by atoms with van der Waals surface area (Å²) in [5.41, 5.74) is 0.580. The molecule has 19 heavy (non-hydrogen) atoms. The van der Waals surface area contributed by atoms with Gasteiger partial charge in [-0.15, -0.1) is 0 Å². The smallest absolute Gasteiger partial charge is 0.330 e. The number of anilines is 1. The van der Waals surface area contributed by atoms with E-state index in [4.69, 9.17) is 4.74 Å². The normalized spacial score (nSPS) is 19.0. The monoisotopic (exact) mass is 262 g/mol. The van der Waals surface area contributed by atoms with Crippen LogP contribution in [0, 0.1) is 0 Å². The summed E-state index contributed by atoms with van der Waals surface area (Å²) in [6.45, 7) is 1.99. The summed E-state index contributed by atoms with van der Waals surface area (Å²) < 4.78 is 4.86. The minimum Gasteiger partial charge on any atom is -0.464 e. The van der Waals surface area contributed by atoms with Gasteiger partial charge in [-0.2, -0.15) is 0 Å². The fourth-order valence-electron chi connectivity index (χ4n) is 1.86. The number of rotatable bonds is 3. The van der Waals surface area contributed by atoms with Crippen LogP contribution in [0.3, 0.4) is 0 Å². The summed E-state index contributed by atoms with van der Waals surface area (Å²) in [6, 6.07) is 7.91. The number of amides is 2. The molecule has 1 aromatic rings. The van der Waals surface area contributed by atoms with Crippen LogP contribution in [-0.4, -0.2) is 37.0 Å². The Morgan fingerprint density at radius 2 is 2.05 bits per heavy atom. The van der Waals surface area contributed by atoms with Crippen LogP contribution in [0.2, 0.25) is 0 Å². The molecule has 6 heteroatoms. The molecule has 0 saturated carbocycles. The molecule has 1 fully saturated rings. The van der Waals surface area contributed by atoms with Gasteiger partial charge in [-0.3, -0.25) is 9.59 Å². The van der Waals surface area contributed by atoms with Gasteiger partial charge in [0, 0.05) is 5.69 Å². The van der Waals surface area contributed by atoms with Gasteiger partial charge in [-0.1, -0.05) is 18.2 Å². The predicted octanol–water partition coefficient (Wildman–Crippen LogP) is 0.0811. The number of hydrogen-bond acceptors (Lipinski definition) is 4. The van der Waals surface area contributed by atoms with E-state index in [-0.39, 0.29) is 13.2 Å². The standard InChI is InChI=1S/C13H14N2O4/c1-2-19-13(18)10-8-15(12(17)11(16)14-10)9-6-4-3-5-7-9/h3-7,10H,2,8H2,1H3,(H,14,16)/t10-/m0/s1. The molecule has 0 spiro atoms. The van der Waals surface area contributed by atoms with Gasteiger partial charge in [0.05, 0.1) is 13.2 Å². The molecule has 2 rings (SSSR count). The fraction of sp³-hybridized carbons (Fsp3) is 0.308. The van der Waals surface area contributed by atoms with Gasteiger partial charge in [0.15, 0.2) is 0 Å². The van der Waals surface area contributed by atoms with Crippen molar-refractivity contribution in [3.8, 4) is 0 Å². The van der Waals surface area contributed by atoms with Crippen LogP contribution < -0.4 is 10.2 Å². The number of nitrogens with one attached hydrogen (secondary N) is 1. The Morgan fingerprint density at radius 1 is 1.37 bits per heavy atom. The summed E-state index contributed by atoms with van der Waals surface area (Å²) in [5.74, 6) is -2.01. The van der Waals surface area contributed by atoms with E-state index < -0.39 is 23.8 Å². The number of benzene rings is 1. The quantitative estimate of drug-likeness (QED) is 0.618. The maximum absolute atomic E-state index is 11.8. The van der Waals surface area contributed by atoms with E-state index in [9.17, 15) is 14.4 Å². The van der Waals surface area contributed by atoms with Crippen LogP contribution in [0.4, 0.5) is 5.69 Å². The van der Waals surface area contributed by atoms with Crippen LogP contribution in [0.1, 0.15) is 6.92 Å². The highest BCUT2D eigenvalue weighted by atomic mass is 16.5. The summed E-state index contributed by atoms with van der Waals surface area (Å²) >= 11 is 0. The lowest BCUT2D eigenvalue weighted by Crippen LogP contribution is -2.60. The number of para-hydroxylation sites is 1. The third kappa shape index (κ3) is 2.73. The first-order chi connectivity index (χ1) is 9.13. The average molecular weight is 262 g/mol. The first-order valence-corrected chi connectivity index (χ1v) is 5.97. The molecule has 6 nitrogen and oxygen atoms in total. The van der Waals surface area contributed by atoms with Crippen molar-refractivity contribution in [3.63, 3.8) is 0 Å². The molecule has 0 aliphatic carbocycles. The van der Waals surface area contributed by atoms with E-state index in [1.54, 1.807) is 37.3 Å². The number of nitrogens with zero attached hydrogens (tertiary/aromatic N) is 1. The highest BCUT2D eigenvalue weighted by Crippen LogP contribution is 2.16.